The molecule has 9 nitrogen and oxygen atoms in total. The largest absolute Gasteiger partial charge is 0.493 e. The summed E-state index contributed by atoms with van der Waals surface area (Å²) in [5, 5.41) is 3.89. The number of anilines is 1. The fourth-order valence-corrected chi connectivity index (χ4v) is 3.49. The van der Waals surface area contributed by atoms with E-state index >= 15 is 0 Å². The summed E-state index contributed by atoms with van der Waals surface area (Å²) < 4.78 is 41.0. The van der Waals surface area contributed by atoms with Crippen LogP contribution in [0.3, 0.4) is 0 Å². The van der Waals surface area contributed by atoms with Gasteiger partial charge in [0.2, 0.25) is 15.8 Å². The van der Waals surface area contributed by atoms with E-state index in [-0.39, 0.29) is 0 Å². The number of aryl methyl sites for hydroxylation is 1. The Hall–Kier alpha value is -3.27. The van der Waals surface area contributed by atoms with Gasteiger partial charge in [0.1, 0.15) is 6.54 Å². The highest BCUT2D eigenvalue weighted by Crippen LogP contribution is 2.37. The Morgan fingerprint density at radius 3 is 2.10 bits per heavy atom. The number of hydrazone groups is 1. The summed E-state index contributed by atoms with van der Waals surface area (Å²) in [6.07, 6.45) is 2.43. The van der Waals surface area contributed by atoms with Crippen molar-refractivity contribution in [1.29, 1.82) is 0 Å². The summed E-state index contributed by atoms with van der Waals surface area (Å²) in [6, 6.07) is 10.1. The van der Waals surface area contributed by atoms with Crippen LogP contribution in [0.2, 0.25) is 0 Å². The van der Waals surface area contributed by atoms with Gasteiger partial charge in [-0.2, -0.15) is 5.10 Å². The van der Waals surface area contributed by atoms with Gasteiger partial charge in [-0.3, -0.25) is 9.10 Å². The van der Waals surface area contributed by atoms with Crippen LogP contribution in [-0.4, -0.2) is 54.7 Å². The first-order chi connectivity index (χ1) is 14.2. The highest BCUT2D eigenvalue weighted by Gasteiger charge is 2.20. The number of hydrogen-bond acceptors (Lipinski definition) is 7. The van der Waals surface area contributed by atoms with E-state index in [9.17, 15) is 13.2 Å². The van der Waals surface area contributed by atoms with Crippen LogP contribution in [0.15, 0.2) is 41.5 Å². The third-order valence-corrected chi connectivity index (χ3v) is 5.24. The summed E-state index contributed by atoms with van der Waals surface area (Å²) in [4.78, 5) is 12.3. The summed E-state index contributed by atoms with van der Waals surface area (Å²) in [5.74, 6) is 0.715. The molecule has 1 N–H and O–H groups in total. The maximum Gasteiger partial charge on any atom is 0.260 e. The van der Waals surface area contributed by atoms with Gasteiger partial charge in [0.05, 0.1) is 39.5 Å². The molecule has 0 bridgehead atoms. The number of nitrogens with one attached hydrogen (secondary N) is 1. The lowest BCUT2D eigenvalue weighted by Crippen LogP contribution is -2.39. The van der Waals surface area contributed by atoms with Gasteiger partial charge >= 0.3 is 0 Å². The lowest BCUT2D eigenvalue weighted by atomic mass is 10.2. The summed E-state index contributed by atoms with van der Waals surface area (Å²) in [6.45, 7) is 1.48. The van der Waals surface area contributed by atoms with Crippen molar-refractivity contribution in [2.45, 2.75) is 6.92 Å². The molecule has 0 saturated carbocycles. The Labute approximate surface area is 176 Å². The molecule has 0 spiro atoms. The molecule has 0 atom stereocenters. The zero-order valence-electron chi connectivity index (χ0n) is 17.5. The number of hydrogen-bond donors (Lipinski definition) is 1. The van der Waals surface area contributed by atoms with E-state index in [1.165, 1.54) is 27.5 Å². The van der Waals surface area contributed by atoms with Crippen molar-refractivity contribution in [3.8, 4) is 17.2 Å². The minimum Gasteiger partial charge on any atom is -0.493 e. The van der Waals surface area contributed by atoms with Crippen molar-refractivity contribution in [1.82, 2.24) is 5.43 Å². The minimum absolute atomic E-state index is 0.395. The summed E-state index contributed by atoms with van der Waals surface area (Å²) in [5.41, 5.74) is 4.29. The van der Waals surface area contributed by atoms with E-state index in [2.05, 4.69) is 10.5 Å². The van der Waals surface area contributed by atoms with Crippen molar-refractivity contribution in [2.75, 3.05) is 38.4 Å². The van der Waals surface area contributed by atoms with E-state index < -0.39 is 22.5 Å². The van der Waals surface area contributed by atoms with E-state index in [1.807, 2.05) is 6.92 Å². The Morgan fingerprint density at radius 2 is 1.63 bits per heavy atom. The minimum atomic E-state index is -3.66. The number of rotatable bonds is 9. The molecule has 0 fully saturated rings. The lowest BCUT2D eigenvalue weighted by molar-refractivity contribution is -0.119. The molecule has 162 valence electrons. The lowest BCUT2D eigenvalue weighted by Gasteiger charge is -2.21. The van der Waals surface area contributed by atoms with E-state index in [0.717, 1.165) is 16.1 Å². The fraction of sp³-hybridized carbons (Fsp3) is 0.300. The van der Waals surface area contributed by atoms with E-state index in [1.54, 1.807) is 36.4 Å². The Morgan fingerprint density at radius 1 is 1.07 bits per heavy atom. The normalized spacial score (nSPS) is 11.2. The highest BCUT2D eigenvalue weighted by atomic mass is 32.2. The molecule has 2 rings (SSSR count). The molecule has 0 unspecified atom stereocenters. The first-order valence-electron chi connectivity index (χ1n) is 8.86. The molecule has 2 aromatic rings. The molecule has 30 heavy (non-hydrogen) atoms. The number of nitrogens with zero attached hydrogens (tertiary/aromatic N) is 2. The second-order valence-electron chi connectivity index (χ2n) is 6.36. The zero-order valence-corrected chi connectivity index (χ0v) is 18.3. The van der Waals surface area contributed by atoms with Crippen LogP contribution in [0.1, 0.15) is 11.1 Å². The Kier molecular flexibility index (Phi) is 7.65. The van der Waals surface area contributed by atoms with Gasteiger partial charge in [0.25, 0.3) is 5.91 Å². The number of carbonyl (C=O) groups excluding carboxylic acids is 1. The third-order valence-electron chi connectivity index (χ3n) is 4.10. The summed E-state index contributed by atoms with van der Waals surface area (Å²) in [7, 11) is 0.823. The molecule has 2 aromatic carbocycles. The maximum atomic E-state index is 12.3. The number of carbonyl (C=O) groups is 1. The average Bonchev–Trinajstić information content (AvgIpc) is 2.71. The van der Waals surface area contributed by atoms with Crippen molar-refractivity contribution in [2.24, 2.45) is 5.10 Å². The smallest absolute Gasteiger partial charge is 0.260 e. The highest BCUT2D eigenvalue weighted by molar-refractivity contribution is 7.92. The predicted octanol–water partition coefficient (Wildman–Crippen LogP) is 1.94. The third kappa shape index (κ3) is 5.86. The van der Waals surface area contributed by atoms with Gasteiger partial charge in [-0.25, -0.2) is 13.8 Å². The Balaban J connectivity index is 2.14. The molecular formula is C20H25N3O6S. The number of methoxy groups -OCH3 is 3. The number of sulfonamides is 1. The van der Waals surface area contributed by atoms with E-state index in [4.69, 9.17) is 14.2 Å². The monoisotopic (exact) mass is 435 g/mol. The van der Waals surface area contributed by atoms with Crippen LogP contribution in [-0.2, 0) is 14.8 Å². The topological polar surface area (TPSA) is 107 Å². The Bertz CT molecular complexity index is 994. The van der Waals surface area contributed by atoms with Crippen LogP contribution < -0.4 is 23.9 Å². The van der Waals surface area contributed by atoms with Crippen LogP contribution >= 0.6 is 0 Å². The van der Waals surface area contributed by atoms with Gasteiger partial charge in [-0.05, 0) is 31.2 Å². The van der Waals surface area contributed by atoms with Crippen LogP contribution in [0, 0.1) is 6.92 Å². The maximum absolute atomic E-state index is 12.3. The second-order valence-corrected chi connectivity index (χ2v) is 8.26. The van der Waals surface area contributed by atoms with Crippen LogP contribution in [0.5, 0.6) is 17.2 Å². The molecule has 0 aliphatic heterocycles. The number of amides is 1. The quantitative estimate of drug-likeness (QED) is 0.477. The molecule has 0 aliphatic carbocycles. The van der Waals surface area contributed by atoms with Gasteiger partial charge in [-0.1, -0.05) is 17.7 Å². The van der Waals surface area contributed by atoms with Gasteiger partial charge in [0, 0.05) is 5.56 Å². The molecule has 10 heteroatoms. The first kappa shape index (κ1) is 23.0. The molecule has 0 aromatic heterocycles. The molecule has 0 saturated heterocycles. The van der Waals surface area contributed by atoms with Crippen molar-refractivity contribution in [3.63, 3.8) is 0 Å². The molecule has 0 aliphatic rings. The number of ether oxygens (including phenoxy) is 3. The van der Waals surface area contributed by atoms with Crippen molar-refractivity contribution in [3.05, 3.63) is 47.5 Å². The first-order valence-corrected chi connectivity index (χ1v) is 10.7. The van der Waals surface area contributed by atoms with Crippen LogP contribution in [0.4, 0.5) is 5.69 Å². The van der Waals surface area contributed by atoms with Crippen molar-refractivity contribution >= 4 is 27.8 Å². The van der Waals surface area contributed by atoms with Gasteiger partial charge < -0.3 is 14.2 Å². The molecular weight excluding hydrogens is 410 g/mol. The van der Waals surface area contributed by atoms with E-state index in [0.29, 0.717) is 28.5 Å². The predicted molar refractivity (Wildman–Crippen MR) is 115 cm³/mol. The second kappa shape index (κ2) is 9.97. The van der Waals surface area contributed by atoms with Gasteiger partial charge in [-0.15, -0.1) is 0 Å². The number of benzene rings is 2. The van der Waals surface area contributed by atoms with Crippen LogP contribution in [0.25, 0.3) is 0 Å². The average molecular weight is 436 g/mol. The molecule has 0 radical (unpaired) electrons. The standard InChI is InChI=1S/C20H25N3O6S/c1-14-6-8-16(9-7-14)23(30(5,25)26)13-19(24)22-21-12-15-10-17(27-2)20(29-4)18(11-15)28-3/h6-12H,13H2,1-5H3,(H,22,24)/b21-12-. The van der Waals surface area contributed by atoms with Crippen molar-refractivity contribution < 1.29 is 27.4 Å². The summed E-state index contributed by atoms with van der Waals surface area (Å²) >= 11 is 0. The van der Waals surface area contributed by atoms with Gasteiger partial charge in [0.15, 0.2) is 11.5 Å². The molecule has 0 heterocycles. The fourth-order valence-electron chi connectivity index (χ4n) is 2.63. The molecule has 1 amide bonds. The zero-order chi connectivity index (χ0) is 22.3. The SMILES string of the molecule is COc1cc(/C=N\NC(=O)CN(c2ccc(C)cc2)S(C)(=O)=O)cc(OC)c1OC.